The van der Waals surface area contributed by atoms with Crippen LogP contribution in [0.3, 0.4) is 0 Å². The van der Waals surface area contributed by atoms with E-state index in [0.29, 0.717) is 13.0 Å². The molecule has 0 bridgehead atoms. The standard InChI is InChI=1S/C9H13N3O3/c1-8(13)4-2-3-5-11-7-9(6-10-11)12(14)15/h6-7H,2-5H2,1H3. The van der Waals surface area contributed by atoms with Gasteiger partial charge >= 0.3 is 5.69 Å². The summed E-state index contributed by atoms with van der Waals surface area (Å²) in [6, 6.07) is 0. The van der Waals surface area contributed by atoms with Crippen LogP contribution in [0.5, 0.6) is 0 Å². The molecule has 0 aliphatic rings. The summed E-state index contributed by atoms with van der Waals surface area (Å²) in [5.41, 5.74) is 0.00145. The van der Waals surface area contributed by atoms with E-state index in [-0.39, 0.29) is 11.5 Å². The lowest BCUT2D eigenvalue weighted by molar-refractivity contribution is -0.385. The number of nitrogens with zero attached hydrogens (tertiary/aromatic N) is 3. The van der Waals surface area contributed by atoms with Gasteiger partial charge in [-0.3, -0.25) is 14.8 Å². The Balaban J connectivity index is 2.31. The Kier molecular flexibility index (Phi) is 3.96. The van der Waals surface area contributed by atoms with Gasteiger partial charge in [-0.1, -0.05) is 0 Å². The molecule has 0 aliphatic heterocycles. The van der Waals surface area contributed by atoms with Crippen molar-refractivity contribution in [1.82, 2.24) is 9.78 Å². The predicted octanol–water partition coefficient (Wildman–Crippen LogP) is 1.55. The molecule has 1 heterocycles. The zero-order valence-corrected chi connectivity index (χ0v) is 8.55. The average Bonchev–Trinajstić information content (AvgIpc) is 2.60. The van der Waals surface area contributed by atoms with Gasteiger partial charge in [0.1, 0.15) is 18.2 Å². The van der Waals surface area contributed by atoms with Crippen LogP contribution >= 0.6 is 0 Å². The molecule has 0 aliphatic carbocycles. The lowest BCUT2D eigenvalue weighted by atomic mass is 10.2. The predicted molar refractivity (Wildman–Crippen MR) is 53.4 cm³/mol. The van der Waals surface area contributed by atoms with Crippen LogP contribution in [0.25, 0.3) is 0 Å². The third kappa shape index (κ3) is 3.88. The first kappa shape index (κ1) is 11.4. The second-order valence-corrected chi connectivity index (χ2v) is 3.38. The first-order valence-electron chi connectivity index (χ1n) is 4.76. The molecule has 0 N–H and O–H groups in total. The summed E-state index contributed by atoms with van der Waals surface area (Å²) < 4.78 is 1.53. The number of carbonyl (C=O) groups excluding carboxylic acids is 1. The highest BCUT2D eigenvalue weighted by Crippen LogP contribution is 2.08. The highest BCUT2D eigenvalue weighted by atomic mass is 16.6. The molecule has 1 aromatic rings. The molecule has 82 valence electrons. The maximum atomic E-state index is 10.6. The van der Waals surface area contributed by atoms with Crippen molar-refractivity contribution in [2.45, 2.75) is 32.7 Å². The van der Waals surface area contributed by atoms with Gasteiger partial charge in [0.05, 0.1) is 4.92 Å². The fourth-order valence-electron chi connectivity index (χ4n) is 1.22. The van der Waals surface area contributed by atoms with Crippen molar-refractivity contribution in [2.24, 2.45) is 0 Å². The third-order valence-corrected chi connectivity index (χ3v) is 2.00. The number of ketones is 1. The van der Waals surface area contributed by atoms with Crippen LogP contribution in [-0.4, -0.2) is 20.5 Å². The Morgan fingerprint density at radius 3 is 2.87 bits per heavy atom. The van der Waals surface area contributed by atoms with Crippen molar-refractivity contribution >= 4 is 11.5 Å². The fourth-order valence-corrected chi connectivity index (χ4v) is 1.22. The van der Waals surface area contributed by atoms with Crippen molar-refractivity contribution in [1.29, 1.82) is 0 Å². The minimum Gasteiger partial charge on any atom is -0.300 e. The lowest BCUT2D eigenvalue weighted by Gasteiger charge is -1.98. The van der Waals surface area contributed by atoms with Crippen LogP contribution in [-0.2, 0) is 11.3 Å². The van der Waals surface area contributed by atoms with Gasteiger partial charge in [-0.15, -0.1) is 0 Å². The zero-order valence-electron chi connectivity index (χ0n) is 8.55. The number of nitro groups is 1. The molecule has 0 radical (unpaired) electrons. The molecule has 0 atom stereocenters. The zero-order chi connectivity index (χ0) is 11.3. The van der Waals surface area contributed by atoms with E-state index in [4.69, 9.17) is 0 Å². The Morgan fingerprint density at radius 1 is 1.60 bits per heavy atom. The number of Topliss-reactive ketones (excluding diaryl/α,β-unsaturated/α-hetero) is 1. The summed E-state index contributed by atoms with van der Waals surface area (Å²) in [6.45, 7) is 2.17. The van der Waals surface area contributed by atoms with Gasteiger partial charge in [-0.25, -0.2) is 0 Å². The molecule has 0 saturated heterocycles. The van der Waals surface area contributed by atoms with Gasteiger partial charge in [-0.05, 0) is 19.8 Å². The van der Waals surface area contributed by atoms with Crippen LogP contribution in [0.2, 0.25) is 0 Å². The summed E-state index contributed by atoms with van der Waals surface area (Å²) >= 11 is 0. The van der Waals surface area contributed by atoms with Crippen LogP contribution in [0.1, 0.15) is 26.2 Å². The summed E-state index contributed by atoms with van der Waals surface area (Å²) in [4.78, 5) is 20.5. The number of rotatable bonds is 6. The SMILES string of the molecule is CC(=O)CCCCn1cc([N+](=O)[O-])cn1. The number of hydrogen-bond acceptors (Lipinski definition) is 4. The van der Waals surface area contributed by atoms with E-state index < -0.39 is 4.92 Å². The molecule has 0 fully saturated rings. The largest absolute Gasteiger partial charge is 0.306 e. The van der Waals surface area contributed by atoms with Crippen molar-refractivity contribution in [3.8, 4) is 0 Å². The summed E-state index contributed by atoms with van der Waals surface area (Å²) in [5.74, 6) is 0.168. The van der Waals surface area contributed by atoms with Gasteiger partial charge in [0.2, 0.25) is 0 Å². The molecule has 0 amide bonds. The molecule has 0 spiro atoms. The number of hydrogen-bond donors (Lipinski definition) is 0. The second kappa shape index (κ2) is 5.23. The van der Waals surface area contributed by atoms with E-state index in [1.54, 1.807) is 6.92 Å². The van der Waals surface area contributed by atoms with Crippen LogP contribution in [0.4, 0.5) is 5.69 Å². The lowest BCUT2D eigenvalue weighted by Crippen LogP contribution is -1.99. The number of aromatic nitrogens is 2. The monoisotopic (exact) mass is 211 g/mol. The summed E-state index contributed by atoms with van der Waals surface area (Å²) in [5, 5.41) is 14.2. The highest BCUT2D eigenvalue weighted by Gasteiger charge is 2.07. The van der Waals surface area contributed by atoms with Crippen molar-refractivity contribution in [3.63, 3.8) is 0 Å². The molecule has 6 heteroatoms. The third-order valence-electron chi connectivity index (χ3n) is 2.00. The normalized spacial score (nSPS) is 10.2. The molecule has 6 nitrogen and oxygen atoms in total. The number of aryl methyl sites for hydroxylation is 1. The molecular formula is C9H13N3O3. The Morgan fingerprint density at radius 2 is 2.33 bits per heavy atom. The summed E-state index contributed by atoms with van der Waals surface area (Å²) in [6.07, 6.45) is 4.78. The second-order valence-electron chi connectivity index (χ2n) is 3.38. The fraction of sp³-hybridized carbons (Fsp3) is 0.556. The van der Waals surface area contributed by atoms with Gasteiger partial charge in [0, 0.05) is 13.0 Å². The van der Waals surface area contributed by atoms with Crippen molar-refractivity contribution in [2.75, 3.05) is 0 Å². The topological polar surface area (TPSA) is 78.0 Å². The van der Waals surface area contributed by atoms with Crippen LogP contribution in [0.15, 0.2) is 12.4 Å². The Labute approximate surface area is 87.0 Å². The minimum atomic E-state index is -0.473. The van der Waals surface area contributed by atoms with E-state index >= 15 is 0 Å². The number of carbonyl (C=O) groups is 1. The molecule has 0 unspecified atom stereocenters. The Bertz CT molecular complexity index is 359. The molecule has 0 saturated carbocycles. The minimum absolute atomic E-state index is 0.00145. The van der Waals surface area contributed by atoms with E-state index in [0.717, 1.165) is 12.8 Å². The average molecular weight is 211 g/mol. The molecule has 0 aromatic carbocycles. The van der Waals surface area contributed by atoms with Crippen molar-refractivity contribution < 1.29 is 9.72 Å². The van der Waals surface area contributed by atoms with E-state index in [2.05, 4.69) is 5.10 Å². The van der Waals surface area contributed by atoms with E-state index in [9.17, 15) is 14.9 Å². The Hall–Kier alpha value is -1.72. The van der Waals surface area contributed by atoms with Gasteiger partial charge in [0.25, 0.3) is 0 Å². The van der Waals surface area contributed by atoms with Gasteiger partial charge in [-0.2, -0.15) is 5.10 Å². The molecule has 15 heavy (non-hydrogen) atoms. The number of unbranched alkanes of at least 4 members (excludes halogenated alkanes) is 1. The summed E-state index contributed by atoms with van der Waals surface area (Å²) in [7, 11) is 0. The quantitative estimate of drug-likeness (QED) is 0.406. The van der Waals surface area contributed by atoms with E-state index in [1.165, 1.54) is 17.1 Å². The van der Waals surface area contributed by atoms with Gasteiger partial charge in [0.15, 0.2) is 0 Å². The maximum absolute atomic E-state index is 10.6. The first-order valence-corrected chi connectivity index (χ1v) is 4.76. The van der Waals surface area contributed by atoms with Crippen LogP contribution in [0, 0.1) is 10.1 Å². The highest BCUT2D eigenvalue weighted by molar-refractivity contribution is 5.75. The van der Waals surface area contributed by atoms with Crippen molar-refractivity contribution in [3.05, 3.63) is 22.5 Å². The molecule has 1 aromatic heterocycles. The first-order chi connectivity index (χ1) is 7.09. The molecule has 1 rings (SSSR count). The van der Waals surface area contributed by atoms with Gasteiger partial charge < -0.3 is 4.79 Å². The van der Waals surface area contributed by atoms with Crippen LogP contribution < -0.4 is 0 Å². The van der Waals surface area contributed by atoms with E-state index in [1.807, 2.05) is 0 Å². The molecular weight excluding hydrogens is 198 g/mol. The maximum Gasteiger partial charge on any atom is 0.306 e. The smallest absolute Gasteiger partial charge is 0.300 e.